The van der Waals surface area contributed by atoms with E-state index in [0.29, 0.717) is 0 Å². The van der Waals surface area contributed by atoms with E-state index in [1.54, 1.807) is 13.8 Å². The highest BCUT2D eigenvalue weighted by atomic mass is 32.2. The van der Waals surface area contributed by atoms with Crippen LogP contribution >= 0.6 is 11.8 Å². The van der Waals surface area contributed by atoms with Crippen molar-refractivity contribution in [3.05, 3.63) is 0 Å². The molecule has 1 unspecified atom stereocenters. The van der Waals surface area contributed by atoms with Gasteiger partial charge in [-0.3, -0.25) is 5.32 Å². The molecule has 0 aromatic rings. The topological polar surface area (TPSA) is 12.0 Å². The number of nitrogens with one attached hydrogen (secondary N) is 1. The van der Waals surface area contributed by atoms with Crippen molar-refractivity contribution in [2.45, 2.75) is 31.6 Å². The highest BCUT2D eigenvalue weighted by molar-refractivity contribution is 7.99. The normalized spacial score (nSPS) is 30.2. The maximum atomic E-state index is 12.2. The van der Waals surface area contributed by atoms with Crippen molar-refractivity contribution in [1.82, 2.24) is 5.32 Å². The van der Waals surface area contributed by atoms with Gasteiger partial charge in [-0.05, 0) is 13.8 Å². The van der Waals surface area contributed by atoms with Gasteiger partial charge >= 0.3 is 6.18 Å². The summed E-state index contributed by atoms with van der Waals surface area (Å²) in [6.45, 7) is 3.58. The standard InChI is InChI=1S/C7H12F3NS/c1-6(2)4-12-3-5(11-6)7(8,9)10/h5,11H,3-4H2,1-2H3. The van der Waals surface area contributed by atoms with Gasteiger partial charge in [0.25, 0.3) is 0 Å². The second-order valence-electron chi connectivity index (χ2n) is 3.64. The fraction of sp³-hybridized carbons (Fsp3) is 1.00. The van der Waals surface area contributed by atoms with Crippen LogP contribution in [0.2, 0.25) is 0 Å². The van der Waals surface area contributed by atoms with Crippen LogP contribution in [0.5, 0.6) is 0 Å². The molecule has 1 aliphatic heterocycles. The molecule has 1 aliphatic rings. The Morgan fingerprint density at radius 3 is 2.33 bits per heavy atom. The summed E-state index contributed by atoms with van der Waals surface area (Å²) in [4.78, 5) is 0. The van der Waals surface area contributed by atoms with Gasteiger partial charge in [-0.2, -0.15) is 24.9 Å². The molecule has 1 atom stereocenters. The Kier molecular flexibility index (Phi) is 2.63. The van der Waals surface area contributed by atoms with Crippen LogP contribution in [0.25, 0.3) is 0 Å². The molecule has 0 aliphatic carbocycles. The van der Waals surface area contributed by atoms with E-state index in [2.05, 4.69) is 5.32 Å². The van der Waals surface area contributed by atoms with Crippen LogP contribution in [0.3, 0.4) is 0 Å². The molecule has 1 rings (SSSR count). The van der Waals surface area contributed by atoms with Gasteiger partial charge < -0.3 is 0 Å². The van der Waals surface area contributed by atoms with Gasteiger partial charge in [-0.1, -0.05) is 0 Å². The Hall–Kier alpha value is 0.1000. The minimum Gasteiger partial charge on any atom is -0.300 e. The first-order chi connectivity index (χ1) is 5.31. The third-order valence-corrected chi connectivity index (χ3v) is 3.20. The van der Waals surface area contributed by atoms with Crippen LogP contribution in [0, 0.1) is 0 Å². The summed E-state index contributed by atoms with van der Waals surface area (Å²) in [7, 11) is 0. The zero-order chi connectivity index (χ0) is 9.41. The van der Waals surface area contributed by atoms with Gasteiger partial charge in [-0.25, -0.2) is 0 Å². The molecular weight excluding hydrogens is 187 g/mol. The summed E-state index contributed by atoms with van der Waals surface area (Å²) >= 11 is 1.35. The first-order valence-electron chi connectivity index (χ1n) is 3.73. The number of alkyl halides is 3. The van der Waals surface area contributed by atoms with Crippen molar-refractivity contribution >= 4 is 11.8 Å². The summed E-state index contributed by atoms with van der Waals surface area (Å²) in [6.07, 6.45) is -4.11. The van der Waals surface area contributed by atoms with Crippen molar-refractivity contribution < 1.29 is 13.2 Å². The molecule has 0 saturated carbocycles. The van der Waals surface area contributed by atoms with E-state index in [-0.39, 0.29) is 5.75 Å². The lowest BCUT2D eigenvalue weighted by Gasteiger charge is -2.37. The average Bonchev–Trinajstić information content (AvgIpc) is 1.83. The third-order valence-electron chi connectivity index (χ3n) is 1.71. The molecule has 0 radical (unpaired) electrons. The van der Waals surface area contributed by atoms with Gasteiger partial charge in [0.1, 0.15) is 6.04 Å². The fourth-order valence-electron chi connectivity index (χ4n) is 1.16. The monoisotopic (exact) mass is 199 g/mol. The molecular formula is C7H12F3NS. The van der Waals surface area contributed by atoms with Crippen LogP contribution in [-0.2, 0) is 0 Å². The predicted molar refractivity (Wildman–Crippen MR) is 44.4 cm³/mol. The summed E-state index contributed by atoms with van der Waals surface area (Å²) < 4.78 is 36.6. The maximum absolute atomic E-state index is 12.2. The van der Waals surface area contributed by atoms with E-state index in [0.717, 1.165) is 5.75 Å². The quantitative estimate of drug-likeness (QED) is 0.640. The molecule has 12 heavy (non-hydrogen) atoms. The molecule has 72 valence electrons. The van der Waals surface area contributed by atoms with Crippen LogP contribution < -0.4 is 5.32 Å². The van der Waals surface area contributed by atoms with E-state index in [4.69, 9.17) is 0 Å². The van der Waals surface area contributed by atoms with Crippen LogP contribution in [-0.4, -0.2) is 29.3 Å². The van der Waals surface area contributed by atoms with Gasteiger partial charge in [0.2, 0.25) is 0 Å². The smallest absolute Gasteiger partial charge is 0.300 e. The first-order valence-corrected chi connectivity index (χ1v) is 4.89. The zero-order valence-corrected chi connectivity index (χ0v) is 7.85. The summed E-state index contributed by atoms with van der Waals surface area (Å²) in [5, 5.41) is 2.59. The summed E-state index contributed by atoms with van der Waals surface area (Å²) in [5.74, 6) is 0.868. The SMILES string of the molecule is CC1(C)CSCC(C(F)(F)F)N1. The zero-order valence-electron chi connectivity index (χ0n) is 7.03. The largest absolute Gasteiger partial charge is 0.404 e. The Balaban J connectivity index is 2.58. The maximum Gasteiger partial charge on any atom is 0.404 e. The van der Waals surface area contributed by atoms with Crippen LogP contribution in [0.4, 0.5) is 13.2 Å². The molecule has 1 nitrogen and oxygen atoms in total. The van der Waals surface area contributed by atoms with E-state index in [1.807, 2.05) is 0 Å². The number of hydrogen-bond donors (Lipinski definition) is 1. The van der Waals surface area contributed by atoms with Crippen molar-refractivity contribution in [3.63, 3.8) is 0 Å². The Labute approximate surface area is 74.1 Å². The van der Waals surface area contributed by atoms with E-state index < -0.39 is 17.8 Å². The molecule has 1 N–H and O–H groups in total. The van der Waals surface area contributed by atoms with Gasteiger partial charge in [0.05, 0.1) is 0 Å². The Bertz CT molecular complexity index is 163. The molecule has 0 bridgehead atoms. The summed E-state index contributed by atoms with van der Waals surface area (Å²) in [5.41, 5.74) is -0.400. The molecule has 1 fully saturated rings. The molecule has 5 heteroatoms. The number of rotatable bonds is 0. The minimum absolute atomic E-state index is 0.132. The number of halogens is 3. The Morgan fingerprint density at radius 1 is 1.42 bits per heavy atom. The molecule has 1 saturated heterocycles. The van der Waals surface area contributed by atoms with Crippen molar-refractivity contribution in [3.8, 4) is 0 Å². The molecule has 1 heterocycles. The lowest BCUT2D eigenvalue weighted by molar-refractivity contribution is -0.154. The van der Waals surface area contributed by atoms with E-state index >= 15 is 0 Å². The van der Waals surface area contributed by atoms with E-state index in [9.17, 15) is 13.2 Å². The molecule has 0 spiro atoms. The molecule has 0 aromatic heterocycles. The predicted octanol–water partition coefficient (Wildman–Crippen LogP) is 2.03. The highest BCUT2D eigenvalue weighted by Crippen LogP contribution is 2.30. The van der Waals surface area contributed by atoms with Gasteiger partial charge in [0.15, 0.2) is 0 Å². The number of hydrogen-bond acceptors (Lipinski definition) is 2. The fourth-order valence-corrected chi connectivity index (χ4v) is 2.38. The van der Waals surface area contributed by atoms with Gasteiger partial charge in [0, 0.05) is 17.0 Å². The lowest BCUT2D eigenvalue weighted by atomic mass is 10.1. The molecule has 0 aromatic carbocycles. The molecule has 0 amide bonds. The second-order valence-corrected chi connectivity index (χ2v) is 4.67. The average molecular weight is 199 g/mol. The second kappa shape index (κ2) is 3.10. The van der Waals surface area contributed by atoms with Gasteiger partial charge in [-0.15, -0.1) is 0 Å². The van der Waals surface area contributed by atoms with Crippen molar-refractivity contribution in [1.29, 1.82) is 0 Å². The summed E-state index contributed by atoms with van der Waals surface area (Å²) in [6, 6.07) is -1.34. The first kappa shape index (κ1) is 10.2. The minimum atomic E-state index is -4.11. The Morgan fingerprint density at radius 2 is 2.00 bits per heavy atom. The third kappa shape index (κ3) is 2.55. The van der Waals surface area contributed by atoms with E-state index in [1.165, 1.54) is 11.8 Å². The van der Waals surface area contributed by atoms with Crippen LogP contribution in [0.1, 0.15) is 13.8 Å². The highest BCUT2D eigenvalue weighted by Gasteiger charge is 2.44. The van der Waals surface area contributed by atoms with Crippen LogP contribution in [0.15, 0.2) is 0 Å². The lowest BCUT2D eigenvalue weighted by Crippen LogP contribution is -2.58. The van der Waals surface area contributed by atoms with Crippen molar-refractivity contribution in [2.75, 3.05) is 11.5 Å². The van der Waals surface area contributed by atoms with Crippen molar-refractivity contribution in [2.24, 2.45) is 0 Å². The number of thioether (sulfide) groups is 1.